The Balaban J connectivity index is 1.66. The maximum atomic E-state index is 13.9. The van der Waals surface area contributed by atoms with Crippen molar-refractivity contribution in [3.05, 3.63) is 78.1 Å². The van der Waals surface area contributed by atoms with Crippen LogP contribution in [0.3, 0.4) is 0 Å². The highest BCUT2D eigenvalue weighted by atomic mass is 32.2. The van der Waals surface area contributed by atoms with E-state index >= 15 is 0 Å². The van der Waals surface area contributed by atoms with E-state index < -0.39 is 17.7 Å². The van der Waals surface area contributed by atoms with Gasteiger partial charge in [-0.1, -0.05) is 17.8 Å². The van der Waals surface area contributed by atoms with E-state index in [0.29, 0.717) is 28.8 Å². The van der Waals surface area contributed by atoms with E-state index in [4.69, 9.17) is 4.74 Å². The smallest absolute Gasteiger partial charge is 0.234 e. The zero-order chi connectivity index (χ0) is 24.0. The number of rotatable bonds is 10. The van der Waals surface area contributed by atoms with E-state index in [1.807, 2.05) is 0 Å². The minimum Gasteiger partial charge on any atom is -0.480 e. The predicted octanol–water partition coefficient (Wildman–Crippen LogP) is 4.82. The first kappa shape index (κ1) is 24.1. The summed E-state index contributed by atoms with van der Waals surface area (Å²) < 4.78 is 34.4. The lowest BCUT2D eigenvalue weighted by atomic mass is 10.1. The molecule has 1 aromatic heterocycles. The summed E-state index contributed by atoms with van der Waals surface area (Å²) in [5.74, 6) is -1.48. The van der Waals surface area contributed by atoms with Gasteiger partial charge in [0, 0.05) is 23.9 Å². The monoisotopic (exact) mass is 472 g/mol. The molecule has 1 amide bonds. The molecular weight excluding hydrogens is 450 g/mol. The Morgan fingerprint density at radius 3 is 2.58 bits per heavy atom. The lowest BCUT2D eigenvalue weighted by molar-refractivity contribution is -0.113. The molecule has 0 aliphatic carbocycles. The molecule has 33 heavy (non-hydrogen) atoms. The Hall–Kier alpha value is -3.53. The number of hydrogen-bond donors (Lipinski definition) is 1. The number of amides is 1. The molecule has 0 fully saturated rings. The largest absolute Gasteiger partial charge is 0.480 e. The van der Waals surface area contributed by atoms with Crippen molar-refractivity contribution in [3.8, 4) is 5.75 Å². The van der Waals surface area contributed by atoms with Gasteiger partial charge in [-0.2, -0.15) is 0 Å². The number of nitrogens with one attached hydrogen (secondary N) is 1. The van der Waals surface area contributed by atoms with Crippen molar-refractivity contribution in [2.45, 2.75) is 31.7 Å². The third-order valence-electron chi connectivity index (χ3n) is 4.53. The number of anilines is 1. The molecule has 1 unspecified atom stereocenters. The van der Waals surface area contributed by atoms with Crippen molar-refractivity contribution in [1.82, 2.24) is 14.8 Å². The van der Waals surface area contributed by atoms with E-state index in [2.05, 4.69) is 22.1 Å². The third kappa shape index (κ3) is 6.26. The molecule has 2 aromatic carbocycles. The summed E-state index contributed by atoms with van der Waals surface area (Å²) in [4.78, 5) is 23.7. The summed E-state index contributed by atoms with van der Waals surface area (Å²) in [5, 5.41) is 11.5. The van der Waals surface area contributed by atoms with Crippen LogP contribution in [0.15, 0.2) is 60.3 Å². The van der Waals surface area contributed by atoms with Gasteiger partial charge in [0.1, 0.15) is 5.82 Å². The number of halogens is 2. The van der Waals surface area contributed by atoms with Gasteiger partial charge in [0.15, 0.2) is 34.4 Å². The Morgan fingerprint density at radius 2 is 1.94 bits per heavy atom. The van der Waals surface area contributed by atoms with Crippen LogP contribution in [-0.2, 0) is 11.3 Å². The molecule has 3 aromatic rings. The first-order valence-electron chi connectivity index (χ1n) is 9.97. The van der Waals surface area contributed by atoms with Crippen LogP contribution in [0.2, 0.25) is 0 Å². The zero-order valence-corrected chi connectivity index (χ0v) is 18.9. The highest BCUT2D eigenvalue weighted by molar-refractivity contribution is 7.99. The van der Waals surface area contributed by atoms with E-state index in [1.165, 1.54) is 24.8 Å². The minimum atomic E-state index is -0.820. The van der Waals surface area contributed by atoms with Crippen LogP contribution < -0.4 is 10.1 Å². The van der Waals surface area contributed by atoms with Crippen LogP contribution in [0.5, 0.6) is 5.75 Å². The highest BCUT2D eigenvalue weighted by Crippen LogP contribution is 2.27. The Morgan fingerprint density at radius 1 is 1.21 bits per heavy atom. The average Bonchev–Trinajstić information content (AvgIpc) is 3.17. The fraction of sp³-hybridized carbons (Fsp3) is 0.217. The quantitative estimate of drug-likeness (QED) is 0.259. The molecule has 172 valence electrons. The summed E-state index contributed by atoms with van der Waals surface area (Å²) in [7, 11) is 0. The lowest BCUT2D eigenvalue weighted by Gasteiger charge is -2.16. The fourth-order valence-corrected chi connectivity index (χ4v) is 3.69. The van der Waals surface area contributed by atoms with Crippen molar-refractivity contribution < 1.29 is 23.1 Å². The van der Waals surface area contributed by atoms with Gasteiger partial charge in [0.2, 0.25) is 5.91 Å². The van der Waals surface area contributed by atoms with Gasteiger partial charge in [-0.3, -0.25) is 14.2 Å². The SMILES string of the molecule is C=CCn1c(SCC(=O)Nc2ccc(C(C)=O)cc2)nnc1C(C)Oc1ccc(F)cc1F. The van der Waals surface area contributed by atoms with Gasteiger partial charge < -0.3 is 10.1 Å². The van der Waals surface area contributed by atoms with Crippen LogP contribution in [0.25, 0.3) is 0 Å². The first-order valence-corrected chi connectivity index (χ1v) is 11.0. The molecule has 0 spiro atoms. The second kappa shape index (κ2) is 10.9. The number of Topliss-reactive ketones (excluding diaryl/α,β-unsaturated/α-hetero) is 1. The number of aromatic nitrogens is 3. The Kier molecular flexibility index (Phi) is 7.94. The van der Waals surface area contributed by atoms with Crippen LogP contribution >= 0.6 is 11.8 Å². The minimum absolute atomic E-state index is 0.0545. The van der Waals surface area contributed by atoms with Gasteiger partial charge >= 0.3 is 0 Å². The van der Waals surface area contributed by atoms with Gasteiger partial charge in [0.25, 0.3) is 0 Å². The van der Waals surface area contributed by atoms with Crippen molar-refractivity contribution in [3.63, 3.8) is 0 Å². The molecule has 10 heteroatoms. The molecular formula is C23H22F2N4O3S. The standard InChI is InChI=1S/C23H22F2N4O3S/c1-4-11-29-22(15(3)32-20-10-7-17(24)12-19(20)25)27-28-23(29)33-13-21(31)26-18-8-5-16(6-9-18)14(2)30/h4-10,12,15H,1,11,13H2,2-3H3,(H,26,31). The number of allylic oxidation sites excluding steroid dienone is 1. The van der Waals surface area contributed by atoms with Crippen LogP contribution in [0, 0.1) is 11.6 Å². The molecule has 1 N–H and O–H groups in total. The average molecular weight is 473 g/mol. The highest BCUT2D eigenvalue weighted by Gasteiger charge is 2.21. The number of benzene rings is 2. The maximum absolute atomic E-state index is 13.9. The van der Waals surface area contributed by atoms with Gasteiger partial charge in [-0.15, -0.1) is 16.8 Å². The number of carbonyl (C=O) groups is 2. The van der Waals surface area contributed by atoms with Crippen molar-refractivity contribution in [2.24, 2.45) is 0 Å². The van der Waals surface area contributed by atoms with Crippen LogP contribution in [-0.4, -0.2) is 32.2 Å². The molecule has 7 nitrogen and oxygen atoms in total. The van der Waals surface area contributed by atoms with E-state index in [0.717, 1.165) is 12.1 Å². The summed E-state index contributed by atoms with van der Waals surface area (Å²) in [6.45, 7) is 7.21. The van der Waals surface area contributed by atoms with Gasteiger partial charge in [-0.05, 0) is 50.2 Å². The molecule has 1 heterocycles. The molecule has 0 bridgehead atoms. The van der Waals surface area contributed by atoms with E-state index in [9.17, 15) is 18.4 Å². The number of ether oxygens (including phenoxy) is 1. The molecule has 0 radical (unpaired) electrons. The second-order valence-electron chi connectivity index (χ2n) is 7.05. The Bertz CT molecular complexity index is 1170. The van der Waals surface area contributed by atoms with Crippen LogP contribution in [0.1, 0.15) is 36.1 Å². The molecule has 0 saturated heterocycles. The molecule has 3 rings (SSSR count). The molecule has 0 saturated carbocycles. The van der Waals surface area contributed by atoms with Crippen molar-refractivity contribution in [1.29, 1.82) is 0 Å². The predicted molar refractivity (Wildman–Crippen MR) is 121 cm³/mol. The van der Waals surface area contributed by atoms with Crippen molar-refractivity contribution in [2.75, 3.05) is 11.1 Å². The first-order chi connectivity index (χ1) is 15.8. The summed E-state index contributed by atoms with van der Waals surface area (Å²) in [6.07, 6.45) is 0.944. The fourth-order valence-electron chi connectivity index (χ4n) is 2.94. The molecule has 0 aliphatic heterocycles. The van der Waals surface area contributed by atoms with E-state index in [-0.39, 0.29) is 23.2 Å². The molecule has 0 aliphatic rings. The topological polar surface area (TPSA) is 86.1 Å². The normalized spacial score (nSPS) is 11.6. The summed E-state index contributed by atoms with van der Waals surface area (Å²) >= 11 is 1.17. The maximum Gasteiger partial charge on any atom is 0.234 e. The zero-order valence-electron chi connectivity index (χ0n) is 18.0. The summed E-state index contributed by atoms with van der Waals surface area (Å²) in [5.41, 5.74) is 1.13. The van der Waals surface area contributed by atoms with Crippen LogP contribution in [0.4, 0.5) is 14.5 Å². The second-order valence-corrected chi connectivity index (χ2v) is 7.99. The number of hydrogen-bond acceptors (Lipinski definition) is 6. The van der Waals surface area contributed by atoms with E-state index in [1.54, 1.807) is 41.8 Å². The number of nitrogens with zero attached hydrogens (tertiary/aromatic N) is 3. The molecule has 1 atom stereocenters. The Labute approximate surface area is 193 Å². The van der Waals surface area contributed by atoms with Gasteiger partial charge in [0.05, 0.1) is 5.75 Å². The van der Waals surface area contributed by atoms with Gasteiger partial charge in [-0.25, -0.2) is 8.78 Å². The number of thioether (sulfide) groups is 1. The number of ketones is 1. The van der Waals surface area contributed by atoms with Crippen molar-refractivity contribution >= 4 is 29.1 Å². The lowest BCUT2D eigenvalue weighted by Crippen LogP contribution is -2.15. The number of carbonyl (C=O) groups excluding carboxylic acids is 2. The summed E-state index contributed by atoms with van der Waals surface area (Å²) in [6, 6.07) is 9.65. The third-order valence-corrected chi connectivity index (χ3v) is 5.49.